The normalized spacial score (nSPS) is 15.1. The number of fused-ring (bicyclic) bond motifs is 1. The first-order chi connectivity index (χ1) is 15.2. The fourth-order valence-corrected chi connectivity index (χ4v) is 6.03. The van der Waals surface area contributed by atoms with Crippen molar-refractivity contribution in [3.8, 4) is 5.75 Å². The van der Waals surface area contributed by atoms with Crippen molar-refractivity contribution in [2.24, 2.45) is 0 Å². The number of methoxy groups -OCH3 is 1. The summed E-state index contributed by atoms with van der Waals surface area (Å²) in [6.45, 7) is 0.361. The Morgan fingerprint density at radius 1 is 1.16 bits per heavy atom. The predicted molar refractivity (Wildman–Crippen MR) is 116 cm³/mol. The number of hydrogen-bond acceptors (Lipinski definition) is 7. The average Bonchev–Trinajstić information content (AvgIpc) is 3.24. The third kappa shape index (κ3) is 3.92. The lowest BCUT2D eigenvalue weighted by atomic mass is 10.2. The largest absolute Gasteiger partial charge is 0.490 e. The highest BCUT2D eigenvalue weighted by atomic mass is 32.2. The summed E-state index contributed by atoms with van der Waals surface area (Å²) in [5.74, 6) is -0.728. The van der Waals surface area contributed by atoms with Crippen LogP contribution >= 0.6 is 11.3 Å². The summed E-state index contributed by atoms with van der Waals surface area (Å²) in [7, 11) is -2.73. The van der Waals surface area contributed by atoms with Crippen molar-refractivity contribution in [3.63, 3.8) is 0 Å². The molecule has 0 saturated carbocycles. The van der Waals surface area contributed by atoms with E-state index in [4.69, 9.17) is 4.74 Å². The Bertz CT molecular complexity index is 1320. The van der Waals surface area contributed by atoms with Crippen molar-refractivity contribution in [2.75, 3.05) is 33.3 Å². The highest BCUT2D eigenvalue weighted by Crippen LogP contribution is 2.32. The summed E-state index contributed by atoms with van der Waals surface area (Å²) < 4.78 is 46.7. The number of carbonyl (C=O) groups is 1. The molecule has 12 heteroatoms. The number of nitro groups is 1. The van der Waals surface area contributed by atoms with Crippen LogP contribution in [-0.2, 0) is 10.0 Å². The molecule has 0 atom stereocenters. The zero-order valence-corrected chi connectivity index (χ0v) is 18.5. The molecule has 1 saturated heterocycles. The molecule has 2 aromatic carbocycles. The Labute approximate surface area is 186 Å². The molecule has 9 nitrogen and oxygen atoms in total. The van der Waals surface area contributed by atoms with Crippen molar-refractivity contribution in [3.05, 3.63) is 63.3 Å². The molecule has 2 heterocycles. The molecule has 3 aromatic rings. The monoisotopic (exact) mass is 479 g/mol. The zero-order valence-electron chi connectivity index (χ0n) is 16.9. The van der Waals surface area contributed by atoms with E-state index in [2.05, 4.69) is 0 Å². The van der Waals surface area contributed by atoms with Crippen LogP contribution in [0.4, 0.5) is 10.1 Å². The summed E-state index contributed by atoms with van der Waals surface area (Å²) in [5, 5.41) is 11.6. The number of sulfonamides is 1. The van der Waals surface area contributed by atoms with Crippen LogP contribution in [0.25, 0.3) is 10.1 Å². The number of nitrogens with zero attached hydrogens (tertiary/aromatic N) is 3. The molecular weight excluding hydrogens is 461 g/mol. The van der Waals surface area contributed by atoms with Crippen LogP contribution in [0.5, 0.6) is 5.75 Å². The minimum atomic E-state index is -3.99. The molecule has 0 unspecified atom stereocenters. The quantitative estimate of drug-likeness (QED) is 0.411. The first kappa shape index (κ1) is 22.1. The first-order valence-corrected chi connectivity index (χ1v) is 11.8. The van der Waals surface area contributed by atoms with E-state index < -0.39 is 26.5 Å². The number of benzene rings is 2. The van der Waals surface area contributed by atoms with Gasteiger partial charge in [0.05, 0.1) is 21.8 Å². The molecule has 0 aliphatic carbocycles. The van der Waals surface area contributed by atoms with Gasteiger partial charge in [-0.05, 0) is 30.3 Å². The number of thiophene rings is 1. The van der Waals surface area contributed by atoms with E-state index in [0.29, 0.717) is 15.0 Å². The summed E-state index contributed by atoms with van der Waals surface area (Å²) in [6, 6.07) is 9.62. The molecule has 4 rings (SSSR count). The van der Waals surface area contributed by atoms with Crippen molar-refractivity contribution >= 4 is 43.0 Å². The molecule has 0 radical (unpaired) electrons. The molecule has 1 aromatic heterocycles. The van der Waals surface area contributed by atoms with Crippen molar-refractivity contribution in [2.45, 2.75) is 4.90 Å². The topological polar surface area (TPSA) is 110 Å². The smallest absolute Gasteiger partial charge is 0.312 e. The van der Waals surface area contributed by atoms with Crippen LogP contribution < -0.4 is 4.74 Å². The Kier molecular flexibility index (Phi) is 5.84. The lowest BCUT2D eigenvalue weighted by Gasteiger charge is -2.33. The van der Waals surface area contributed by atoms with Crippen LogP contribution in [0.15, 0.2) is 47.4 Å². The zero-order chi connectivity index (χ0) is 23.0. The lowest BCUT2D eigenvalue weighted by Crippen LogP contribution is -2.50. The van der Waals surface area contributed by atoms with Gasteiger partial charge in [0.15, 0.2) is 5.75 Å². The number of amides is 1. The number of halogens is 1. The second kappa shape index (κ2) is 8.45. The van der Waals surface area contributed by atoms with Gasteiger partial charge >= 0.3 is 5.69 Å². The second-order valence-electron chi connectivity index (χ2n) is 7.05. The third-order valence-corrected chi connectivity index (χ3v) is 8.21. The van der Waals surface area contributed by atoms with Crippen LogP contribution in [0, 0.1) is 15.9 Å². The van der Waals surface area contributed by atoms with Gasteiger partial charge in [-0.15, -0.1) is 11.3 Å². The number of nitro benzene ring substituents is 1. The first-order valence-electron chi connectivity index (χ1n) is 9.52. The highest BCUT2D eigenvalue weighted by molar-refractivity contribution is 7.89. The van der Waals surface area contributed by atoms with E-state index in [1.807, 2.05) is 0 Å². The fourth-order valence-electron chi connectivity index (χ4n) is 3.54. The van der Waals surface area contributed by atoms with Gasteiger partial charge in [-0.1, -0.05) is 6.07 Å². The molecule has 1 aliphatic rings. The second-order valence-corrected chi connectivity index (χ2v) is 10.1. The summed E-state index contributed by atoms with van der Waals surface area (Å²) in [5.41, 5.74) is -0.445. The molecule has 1 fully saturated rings. The number of carbonyl (C=O) groups excluding carboxylic acids is 1. The molecule has 0 spiro atoms. The van der Waals surface area contributed by atoms with Gasteiger partial charge in [0.2, 0.25) is 10.0 Å². The Hall–Kier alpha value is -3.09. The van der Waals surface area contributed by atoms with Gasteiger partial charge in [-0.2, -0.15) is 4.31 Å². The van der Waals surface area contributed by atoms with Crippen LogP contribution in [0.3, 0.4) is 0 Å². The van der Waals surface area contributed by atoms with E-state index in [9.17, 15) is 27.7 Å². The van der Waals surface area contributed by atoms with E-state index >= 15 is 0 Å². The van der Waals surface area contributed by atoms with E-state index in [-0.39, 0.29) is 42.7 Å². The van der Waals surface area contributed by atoms with Gasteiger partial charge in [0, 0.05) is 42.3 Å². The fraction of sp³-hybridized carbons (Fsp3) is 0.250. The summed E-state index contributed by atoms with van der Waals surface area (Å²) in [4.78, 5) is 25.1. The van der Waals surface area contributed by atoms with Crippen LogP contribution in [0.1, 0.15) is 9.67 Å². The molecule has 1 aliphatic heterocycles. The standard InChI is InChI=1S/C20H18FN3O6S2/c1-30-17-6-5-13(11-16(17)24(26)27)32(28,29)23-9-7-22(8-10-23)20(25)19-12-14-15(21)3-2-4-18(14)31-19/h2-6,11-12H,7-10H2,1H3. The predicted octanol–water partition coefficient (Wildman–Crippen LogP) is 3.10. The molecule has 32 heavy (non-hydrogen) atoms. The Balaban J connectivity index is 1.50. The average molecular weight is 480 g/mol. The van der Waals surface area contributed by atoms with Crippen LogP contribution in [0.2, 0.25) is 0 Å². The van der Waals surface area contributed by atoms with Gasteiger partial charge in [0.1, 0.15) is 5.82 Å². The van der Waals surface area contributed by atoms with Gasteiger partial charge in [0.25, 0.3) is 5.91 Å². The van der Waals surface area contributed by atoms with E-state index in [1.54, 1.807) is 12.1 Å². The van der Waals surface area contributed by atoms with Gasteiger partial charge in [-0.3, -0.25) is 14.9 Å². The maximum Gasteiger partial charge on any atom is 0.312 e. The maximum atomic E-state index is 13.9. The minimum Gasteiger partial charge on any atom is -0.490 e. The number of rotatable bonds is 5. The number of piperazine rings is 1. The maximum absolute atomic E-state index is 13.9. The molecule has 1 amide bonds. The van der Waals surface area contributed by atoms with Crippen molar-refractivity contribution < 1.29 is 27.3 Å². The Morgan fingerprint density at radius 3 is 2.50 bits per heavy atom. The van der Waals surface area contributed by atoms with Crippen molar-refractivity contribution in [1.82, 2.24) is 9.21 Å². The SMILES string of the molecule is COc1ccc(S(=O)(=O)N2CCN(C(=O)c3cc4c(F)cccc4s3)CC2)cc1[N+](=O)[O-]. The summed E-state index contributed by atoms with van der Waals surface area (Å²) in [6.07, 6.45) is 0. The molecule has 168 valence electrons. The molecule has 0 N–H and O–H groups in total. The van der Waals surface area contributed by atoms with Crippen LogP contribution in [-0.4, -0.2) is 61.7 Å². The van der Waals surface area contributed by atoms with Crippen molar-refractivity contribution in [1.29, 1.82) is 0 Å². The van der Waals surface area contributed by atoms with E-state index in [1.165, 1.54) is 51.9 Å². The Morgan fingerprint density at radius 2 is 1.88 bits per heavy atom. The van der Waals surface area contributed by atoms with Gasteiger partial charge < -0.3 is 9.64 Å². The number of ether oxygens (including phenoxy) is 1. The highest BCUT2D eigenvalue weighted by Gasteiger charge is 2.32. The number of hydrogen-bond donors (Lipinski definition) is 0. The third-order valence-electron chi connectivity index (χ3n) is 5.23. The molecular formula is C20H18FN3O6S2. The summed E-state index contributed by atoms with van der Waals surface area (Å²) >= 11 is 1.19. The lowest BCUT2D eigenvalue weighted by molar-refractivity contribution is -0.386. The van der Waals surface area contributed by atoms with Gasteiger partial charge in [-0.25, -0.2) is 12.8 Å². The minimum absolute atomic E-state index is 0.0349. The van der Waals surface area contributed by atoms with E-state index in [0.717, 1.165) is 6.07 Å². The molecule has 0 bridgehead atoms.